The van der Waals surface area contributed by atoms with Crippen molar-refractivity contribution in [1.29, 1.82) is 0 Å². The zero-order valence-corrected chi connectivity index (χ0v) is 16.0. The van der Waals surface area contributed by atoms with Crippen molar-refractivity contribution in [1.82, 2.24) is 29.1 Å². The fraction of sp³-hybridized carbons (Fsp3) is 0.353. The van der Waals surface area contributed by atoms with E-state index in [1.54, 1.807) is 19.4 Å². The van der Waals surface area contributed by atoms with E-state index < -0.39 is 10.0 Å². The molecular weight excluding hydrogens is 382 g/mol. The summed E-state index contributed by atoms with van der Waals surface area (Å²) in [6.07, 6.45) is 9.91. The Labute approximate surface area is 160 Å². The zero-order chi connectivity index (χ0) is 19.3. The molecule has 1 aliphatic heterocycles. The molecular formula is C17H19N7O3S. The van der Waals surface area contributed by atoms with Crippen molar-refractivity contribution in [3.63, 3.8) is 0 Å². The number of aromatic nitrogens is 6. The molecule has 0 atom stereocenters. The maximum absolute atomic E-state index is 12.6. The second kappa shape index (κ2) is 6.31. The van der Waals surface area contributed by atoms with Gasteiger partial charge in [-0.15, -0.1) is 0 Å². The lowest BCUT2D eigenvalue weighted by Crippen LogP contribution is -2.14. The minimum absolute atomic E-state index is 0.0832. The molecule has 0 spiro atoms. The number of H-pyrrole nitrogens is 1. The number of imidazole rings is 1. The highest BCUT2D eigenvalue weighted by Crippen LogP contribution is 2.32. The van der Waals surface area contributed by atoms with E-state index in [0.29, 0.717) is 11.6 Å². The SMILES string of the molecule is Cn1cc(S(=O)(=O)Nc2cn3c(cnc4[nH]cc(C5CCOCC5)c43)n2)cn1. The minimum Gasteiger partial charge on any atom is -0.381 e. The Morgan fingerprint density at radius 1 is 1.25 bits per heavy atom. The van der Waals surface area contributed by atoms with E-state index in [9.17, 15) is 8.42 Å². The van der Waals surface area contributed by atoms with Crippen LogP contribution in [0.4, 0.5) is 5.82 Å². The van der Waals surface area contributed by atoms with Gasteiger partial charge in [-0.1, -0.05) is 0 Å². The van der Waals surface area contributed by atoms with Gasteiger partial charge in [0.1, 0.15) is 4.90 Å². The van der Waals surface area contributed by atoms with E-state index in [4.69, 9.17) is 4.74 Å². The molecule has 5 rings (SSSR count). The number of hydrogen-bond donors (Lipinski definition) is 2. The van der Waals surface area contributed by atoms with E-state index in [1.807, 2.05) is 10.6 Å². The van der Waals surface area contributed by atoms with Crippen LogP contribution in [0, 0.1) is 0 Å². The van der Waals surface area contributed by atoms with Crippen LogP contribution in [0.15, 0.2) is 35.9 Å². The highest BCUT2D eigenvalue weighted by atomic mass is 32.2. The van der Waals surface area contributed by atoms with E-state index in [0.717, 1.165) is 42.8 Å². The number of nitrogens with one attached hydrogen (secondary N) is 2. The van der Waals surface area contributed by atoms with Crippen molar-refractivity contribution in [3.05, 3.63) is 36.5 Å². The van der Waals surface area contributed by atoms with Crippen LogP contribution in [0.2, 0.25) is 0 Å². The van der Waals surface area contributed by atoms with Crippen LogP contribution in [-0.2, 0) is 21.8 Å². The predicted molar refractivity (Wildman–Crippen MR) is 102 cm³/mol. The number of aromatic amines is 1. The lowest BCUT2D eigenvalue weighted by Gasteiger charge is -2.21. The maximum atomic E-state index is 12.6. The number of rotatable bonds is 4. The van der Waals surface area contributed by atoms with Crippen molar-refractivity contribution in [2.24, 2.45) is 7.05 Å². The van der Waals surface area contributed by atoms with Crippen LogP contribution in [0.3, 0.4) is 0 Å². The number of sulfonamides is 1. The fourth-order valence-electron chi connectivity index (χ4n) is 3.66. The van der Waals surface area contributed by atoms with Gasteiger partial charge in [0, 0.05) is 32.7 Å². The van der Waals surface area contributed by atoms with Gasteiger partial charge in [-0.3, -0.25) is 13.8 Å². The smallest absolute Gasteiger partial charge is 0.266 e. The summed E-state index contributed by atoms with van der Waals surface area (Å²) in [6.45, 7) is 1.47. The normalized spacial score (nSPS) is 16.2. The summed E-state index contributed by atoms with van der Waals surface area (Å²) in [4.78, 5) is 12.1. The third-order valence-corrected chi connectivity index (χ3v) is 6.35. The summed E-state index contributed by atoms with van der Waals surface area (Å²) in [6, 6.07) is 0. The molecule has 1 aliphatic rings. The van der Waals surface area contributed by atoms with Crippen LogP contribution in [0.5, 0.6) is 0 Å². The van der Waals surface area contributed by atoms with Crippen molar-refractivity contribution >= 4 is 32.7 Å². The molecule has 1 saturated heterocycles. The molecule has 0 bridgehead atoms. The molecule has 28 heavy (non-hydrogen) atoms. The molecule has 4 aromatic heterocycles. The van der Waals surface area contributed by atoms with E-state index in [2.05, 4.69) is 24.8 Å². The summed E-state index contributed by atoms with van der Waals surface area (Å²) in [5.74, 6) is 0.602. The van der Waals surface area contributed by atoms with E-state index in [1.165, 1.54) is 17.1 Å². The van der Waals surface area contributed by atoms with Gasteiger partial charge in [-0.2, -0.15) is 5.10 Å². The Morgan fingerprint density at radius 2 is 2.07 bits per heavy atom. The number of ether oxygens (including phenoxy) is 1. The molecule has 10 nitrogen and oxygen atoms in total. The Bertz CT molecular complexity index is 1260. The van der Waals surface area contributed by atoms with E-state index >= 15 is 0 Å². The summed E-state index contributed by atoms with van der Waals surface area (Å²) >= 11 is 0. The van der Waals surface area contributed by atoms with Gasteiger partial charge in [0.15, 0.2) is 17.1 Å². The minimum atomic E-state index is -3.76. The largest absolute Gasteiger partial charge is 0.381 e. The topological polar surface area (TPSA) is 119 Å². The van der Waals surface area contributed by atoms with Crippen molar-refractivity contribution in [2.75, 3.05) is 17.9 Å². The molecule has 0 unspecified atom stereocenters. The molecule has 0 aromatic carbocycles. The van der Waals surface area contributed by atoms with Gasteiger partial charge in [-0.05, 0) is 24.3 Å². The number of fused-ring (bicyclic) bond motifs is 3. The average Bonchev–Trinajstić information content (AvgIpc) is 3.39. The van der Waals surface area contributed by atoms with Crippen LogP contribution < -0.4 is 4.72 Å². The molecule has 2 N–H and O–H groups in total. The first-order valence-corrected chi connectivity index (χ1v) is 10.4. The van der Waals surface area contributed by atoms with Crippen molar-refractivity contribution in [3.8, 4) is 0 Å². The molecule has 146 valence electrons. The highest BCUT2D eigenvalue weighted by molar-refractivity contribution is 7.92. The van der Waals surface area contributed by atoms with E-state index in [-0.39, 0.29) is 10.7 Å². The first kappa shape index (κ1) is 17.2. The van der Waals surface area contributed by atoms with Gasteiger partial charge < -0.3 is 9.72 Å². The average molecular weight is 401 g/mol. The third kappa shape index (κ3) is 2.83. The lowest BCUT2D eigenvalue weighted by atomic mass is 9.93. The molecule has 1 fully saturated rings. The number of hydrogen-bond acceptors (Lipinski definition) is 6. The van der Waals surface area contributed by atoms with Gasteiger partial charge in [0.2, 0.25) is 0 Å². The first-order valence-electron chi connectivity index (χ1n) is 8.95. The molecule has 5 heterocycles. The highest BCUT2D eigenvalue weighted by Gasteiger charge is 2.23. The summed E-state index contributed by atoms with van der Waals surface area (Å²) < 4.78 is 36.4. The number of aryl methyl sites for hydroxylation is 1. The second-order valence-corrected chi connectivity index (χ2v) is 8.58. The number of anilines is 1. The maximum Gasteiger partial charge on any atom is 0.266 e. The Balaban J connectivity index is 1.57. The Morgan fingerprint density at radius 3 is 2.82 bits per heavy atom. The molecule has 4 aromatic rings. The lowest BCUT2D eigenvalue weighted by molar-refractivity contribution is 0.0856. The van der Waals surface area contributed by atoms with Gasteiger partial charge in [-0.25, -0.2) is 18.4 Å². The summed E-state index contributed by atoms with van der Waals surface area (Å²) in [5, 5.41) is 3.91. The van der Waals surface area contributed by atoms with Crippen LogP contribution in [0.1, 0.15) is 24.3 Å². The Hall–Kier alpha value is -2.92. The number of nitrogens with zero attached hydrogens (tertiary/aromatic N) is 5. The van der Waals surface area contributed by atoms with Gasteiger partial charge >= 0.3 is 0 Å². The van der Waals surface area contributed by atoms with Crippen LogP contribution in [-0.4, -0.2) is 50.8 Å². The zero-order valence-electron chi connectivity index (χ0n) is 15.2. The molecule has 0 amide bonds. The molecule has 0 saturated carbocycles. The standard InChI is InChI=1S/C17H19N7O3S/c1-23-9-12(6-20-23)28(25,26)22-14-10-24-15(21-14)8-19-17-16(24)13(7-18-17)11-2-4-27-5-3-11/h6-11,18,22H,2-5H2,1H3. The van der Waals surface area contributed by atoms with Crippen LogP contribution in [0.25, 0.3) is 16.8 Å². The van der Waals surface area contributed by atoms with Crippen molar-refractivity contribution in [2.45, 2.75) is 23.7 Å². The first-order chi connectivity index (χ1) is 13.5. The van der Waals surface area contributed by atoms with Gasteiger partial charge in [0.25, 0.3) is 10.0 Å². The monoisotopic (exact) mass is 401 g/mol. The Kier molecular flexibility index (Phi) is 3.88. The quantitative estimate of drug-likeness (QED) is 0.536. The fourth-order valence-corrected chi connectivity index (χ4v) is 4.63. The second-order valence-electron chi connectivity index (χ2n) is 6.90. The molecule has 11 heteroatoms. The van der Waals surface area contributed by atoms with Gasteiger partial charge in [0.05, 0.1) is 24.1 Å². The summed E-state index contributed by atoms with van der Waals surface area (Å²) in [5.41, 5.74) is 3.39. The predicted octanol–water partition coefficient (Wildman–Crippen LogP) is 1.64. The summed E-state index contributed by atoms with van der Waals surface area (Å²) in [7, 11) is -2.10. The van der Waals surface area contributed by atoms with Crippen molar-refractivity contribution < 1.29 is 13.2 Å². The molecule has 0 aliphatic carbocycles. The third-order valence-electron chi connectivity index (χ3n) is 5.04. The molecule has 0 radical (unpaired) electrons. The van der Waals surface area contributed by atoms with Crippen LogP contribution >= 0.6 is 0 Å².